The number of rotatable bonds is 7. The number of nitrogens with one attached hydrogen (secondary N) is 1. The minimum atomic E-state index is 0.407. The average Bonchev–Trinajstić information content (AvgIpc) is 2.79. The zero-order chi connectivity index (χ0) is 15.2. The van der Waals surface area contributed by atoms with Gasteiger partial charge in [-0.3, -0.25) is 4.68 Å². The van der Waals surface area contributed by atoms with Crippen molar-refractivity contribution in [3.05, 3.63) is 52.3 Å². The zero-order valence-electron chi connectivity index (χ0n) is 13.1. The van der Waals surface area contributed by atoms with Crippen molar-refractivity contribution in [3.63, 3.8) is 0 Å². The molecule has 2 aromatic rings. The molecule has 0 aliphatic carbocycles. The summed E-state index contributed by atoms with van der Waals surface area (Å²) in [6, 6.07) is 10.6. The number of aryl methyl sites for hydroxylation is 2. The Morgan fingerprint density at radius 3 is 2.57 bits per heavy atom. The van der Waals surface area contributed by atoms with Gasteiger partial charge in [0, 0.05) is 19.0 Å². The molecule has 0 amide bonds. The second kappa shape index (κ2) is 7.62. The monoisotopic (exact) mass is 305 g/mol. The van der Waals surface area contributed by atoms with E-state index in [2.05, 4.69) is 54.6 Å². The number of benzene rings is 1. The maximum atomic E-state index is 6.45. The van der Waals surface area contributed by atoms with Crippen LogP contribution in [0.3, 0.4) is 0 Å². The molecule has 0 saturated heterocycles. The normalized spacial score (nSPS) is 12.6. The third-order valence-corrected chi connectivity index (χ3v) is 4.30. The molecule has 0 bridgehead atoms. The SMILES string of the molecule is CCNCC(Cc1c(Cl)c(C)nn1CC)c1ccccc1. The number of hydrogen-bond acceptors (Lipinski definition) is 2. The van der Waals surface area contributed by atoms with Gasteiger partial charge in [-0.15, -0.1) is 0 Å². The third kappa shape index (κ3) is 3.86. The quantitative estimate of drug-likeness (QED) is 0.843. The van der Waals surface area contributed by atoms with Gasteiger partial charge in [0.1, 0.15) is 0 Å². The fraction of sp³-hybridized carbons (Fsp3) is 0.471. The van der Waals surface area contributed by atoms with Gasteiger partial charge in [0.25, 0.3) is 0 Å². The van der Waals surface area contributed by atoms with E-state index in [4.69, 9.17) is 11.6 Å². The summed E-state index contributed by atoms with van der Waals surface area (Å²) in [5.74, 6) is 0.407. The van der Waals surface area contributed by atoms with E-state index in [1.54, 1.807) is 0 Å². The number of nitrogens with zero attached hydrogens (tertiary/aromatic N) is 2. The standard InChI is InChI=1S/C17H24ClN3/c1-4-19-12-15(14-9-7-6-8-10-14)11-16-17(18)13(3)20-21(16)5-2/h6-10,15,19H,4-5,11-12H2,1-3H3. The molecule has 1 aromatic carbocycles. The fourth-order valence-corrected chi connectivity index (χ4v) is 2.86. The largest absolute Gasteiger partial charge is 0.316 e. The van der Waals surface area contributed by atoms with Gasteiger partial charge in [-0.1, -0.05) is 48.9 Å². The summed E-state index contributed by atoms with van der Waals surface area (Å²) in [5.41, 5.74) is 3.41. The smallest absolute Gasteiger partial charge is 0.0847 e. The molecule has 1 N–H and O–H groups in total. The molecule has 0 radical (unpaired) electrons. The van der Waals surface area contributed by atoms with Crippen LogP contribution >= 0.6 is 11.6 Å². The number of halogens is 1. The van der Waals surface area contributed by atoms with Gasteiger partial charge in [0.15, 0.2) is 0 Å². The van der Waals surface area contributed by atoms with Crippen molar-refractivity contribution < 1.29 is 0 Å². The molecule has 4 heteroatoms. The van der Waals surface area contributed by atoms with Gasteiger partial charge in [-0.2, -0.15) is 5.10 Å². The first kappa shape index (κ1) is 16.1. The van der Waals surface area contributed by atoms with Gasteiger partial charge in [-0.25, -0.2) is 0 Å². The first-order valence-corrected chi connectivity index (χ1v) is 8.02. The highest BCUT2D eigenvalue weighted by atomic mass is 35.5. The first-order chi connectivity index (χ1) is 10.2. The highest BCUT2D eigenvalue weighted by Gasteiger charge is 2.19. The van der Waals surface area contributed by atoms with Crippen molar-refractivity contribution in [1.82, 2.24) is 15.1 Å². The summed E-state index contributed by atoms with van der Waals surface area (Å²) in [5, 5.41) is 8.79. The molecule has 0 aliphatic rings. The van der Waals surface area contributed by atoms with Crippen LogP contribution in [0.25, 0.3) is 0 Å². The third-order valence-electron chi connectivity index (χ3n) is 3.80. The molecular formula is C17H24ClN3. The molecule has 3 nitrogen and oxygen atoms in total. The van der Waals surface area contributed by atoms with E-state index in [0.717, 1.165) is 42.5 Å². The lowest BCUT2D eigenvalue weighted by Crippen LogP contribution is -2.23. The molecule has 0 saturated carbocycles. The molecule has 1 aromatic heterocycles. The maximum absolute atomic E-state index is 6.45. The predicted octanol–water partition coefficient (Wildman–Crippen LogP) is 3.80. The topological polar surface area (TPSA) is 29.9 Å². The summed E-state index contributed by atoms with van der Waals surface area (Å²) >= 11 is 6.45. The fourth-order valence-electron chi connectivity index (χ4n) is 2.65. The molecule has 0 fully saturated rings. The Labute approximate surface area is 132 Å². The van der Waals surface area contributed by atoms with Crippen LogP contribution in [0.4, 0.5) is 0 Å². The predicted molar refractivity (Wildman–Crippen MR) is 89.1 cm³/mol. The molecule has 21 heavy (non-hydrogen) atoms. The highest BCUT2D eigenvalue weighted by molar-refractivity contribution is 6.31. The number of aromatic nitrogens is 2. The minimum absolute atomic E-state index is 0.407. The van der Waals surface area contributed by atoms with Crippen LogP contribution in [-0.2, 0) is 13.0 Å². The van der Waals surface area contributed by atoms with Crippen LogP contribution < -0.4 is 5.32 Å². The van der Waals surface area contributed by atoms with Gasteiger partial charge in [0.2, 0.25) is 0 Å². The van der Waals surface area contributed by atoms with Crippen molar-refractivity contribution in [2.24, 2.45) is 0 Å². The summed E-state index contributed by atoms with van der Waals surface area (Å²) < 4.78 is 2.03. The Balaban J connectivity index is 2.27. The van der Waals surface area contributed by atoms with Gasteiger partial charge in [-0.05, 0) is 32.4 Å². The Kier molecular flexibility index (Phi) is 5.83. The van der Waals surface area contributed by atoms with Crippen LogP contribution in [-0.4, -0.2) is 22.9 Å². The van der Waals surface area contributed by atoms with Crippen molar-refractivity contribution in [3.8, 4) is 0 Å². The van der Waals surface area contributed by atoms with E-state index >= 15 is 0 Å². The van der Waals surface area contributed by atoms with Crippen LogP contribution in [0.1, 0.15) is 36.7 Å². The molecular weight excluding hydrogens is 282 g/mol. The summed E-state index contributed by atoms with van der Waals surface area (Å²) in [4.78, 5) is 0. The Bertz CT molecular complexity index is 563. The number of hydrogen-bond donors (Lipinski definition) is 1. The Morgan fingerprint density at radius 2 is 1.95 bits per heavy atom. The molecule has 114 valence electrons. The van der Waals surface area contributed by atoms with Gasteiger partial charge in [0.05, 0.1) is 16.4 Å². The van der Waals surface area contributed by atoms with Gasteiger partial charge < -0.3 is 5.32 Å². The zero-order valence-corrected chi connectivity index (χ0v) is 13.8. The van der Waals surface area contributed by atoms with E-state index in [0.29, 0.717) is 5.92 Å². The highest BCUT2D eigenvalue weighted by Crippen LogP contribution is 2.27. The minimum Gasteiger partial charge on any atom is -0.316 e. The molecule has 1 atom stereocenters. The second-order valence-electron chi connectivity index (χ2n) is 5.28. The van der Waals surface area contributed by atoms with E-state index in [-0.39, 0.29) is 0 Å². The average molecular weight is 306 g/mol. The summed E-state index contributed by atoms with van der Waals surface area (Å²) in [6.07, 6.45) is 0.907. The molecule has 1 unspecified atom stereocenters. The van der Waals surface area contributed by atoms with E-state index < -0.39 is 0 Å². The first-order valence-electron chi connectivity index (χ1n) is 7.64. The maximum Gasteiger partial charge on any atom is 0.0847 e. The molecule has 0 spiro atoms. The number of likely N-dealkylation sites (N-methyl/N-ethyl adjacent to an activating group) is 1. The van der Waals surface area contributed by atoms with Crippen LogP contribution in [0, 0.1) is 6.92 Å². The van der Waals surface area contributed by atoms with E-state index in [1.807, 2.05) is 11.6 Å². The molecule has 0 aliphatic heterocycles. The van der Waals surface area contributed by atoms with Crippen LogP contribution in [0.15, 0.2) is 30.3 Å². The van der Waals surface area contributed by atoms with Crippen molar-refractivity contribution >= 4 is 11.6 Å². The lowest BCUT2D eigenvalue weighted by Gasteiger charge is -2.18. The molecule has 2 rings (SSSR count). The summed E-state index contributed by atoms with van der Waals surface area (Å²) in [6.45, 7) is 8.99. The van der Waals surface area contributed by atoms with Crippen molar-refractivity contribution in [2.75, 3.05) is 13.1 Å². The van der Waals surface area contributed by atoms with E-state index in [9.17, 15) is 0 Å². The summed E-state index contributed by atoms with van der Waals surface area (Å²) in [7, 11) is 0. The van der Waals surface area contributed by atoms with Crippen LogP contribution in [0.2, 0.25) is 5.02 Å². The lowest BCUT2D eigenvalue weighted by molar-refractivity contribution is 0.551. The van der Waals surface area contributed by atoms with Crippen molar-refractivity contribution in [2.45, 2.75) is 39.7 Å². The lowest BCUT2D eigenvalue weighted by atomic mass is 9.94. The second-order valence-corrected chi connectivity index (χ2v) is 5.66. The Morgan fingerprint density at radius 1 is 1.24 bits per heavy atom. The van der Waals surface area contributed by atoms with E-state index in [1.165, 1.54) is 5.56 Å². The van der Waals surface area contributed by atoms with Gasteiger partial charge >= 0.3 is 0 Å². The van der Waals surface area contributed by atoms with Crippen LogP contribution in [0.5, 0.6) is 0 Å². The Hall–Kier alpha value is -1.32. The molecule has 1 heterocycles. The van der Waals surface area contributed by atoms with Crippen molar-refractivity contribution in [1.29, 1.82) is 0 Å².